The zero-order valence-electron chi connectivity index (χ0n) is 10.2. The quantitative estimate of drug-likeness (QED) is 0.597. The van der Waals surface area contributed by atoms with E-state index in [4.69, 9.17) is 0 Å². The molecule has 0 atom stereocenters. The Bertz CT molecular complexity index is 709. The van der Waals surface area contributed by atoms with Crippen LogP contribution in [0.2, 0.25) is 0 Å². The average molecular weight is 333 g/mol. The molecule has 0 aliphatic rings. The first-order chi connectivity index (χ1) is 9.80. The Morgan fingerprint density at radius 2 is 1.27 bits per heavy atom. The van der Waals surface area contributed by atoms with E-state index in [0.29, 0.717) is 12.1 Å². The van der Waals surface area contributed by atoms with E-state index in [1.807, 2.05) is 0 Å². The van der Waals surface area contributed by atoms with E-state index in [2.05, 4.69) is 4.98 Å². The Balaban J connectivity index is 2.84. The summed E-state index contributed by atoms with van der Waals surface area (Å²) in [6.07, 6.45) is -15.3. The number of hydrogen-bond acceptors (Lipinski definition) is 1. The average Bonchev–Trinajstić information content (AvgIpc) is 2.33. The monoisotopic (exact) mass is 333 g/mol. The standard InChI is InChI=1S/C12H4F9N/c13-10(14,15)5-1-2-8-6(3-5)7(11(16,17)18)4-9(22-8)12(19,20)21/h1-4H. The number of hydrogen-bond donors (Lipinski definition) is 0. The van der Waals surface area contributed by atoms with E-state index >= 15 is 0 Å². The number of nitrogens with zero attached hydrogens (tertiary/aromatic N) is 1. The summed E-state index contributed by atoms with van der Waals surface area (Å²) in [4.78, 5) is 2.95. The third kappa shape index (κ3) is 3.09. The van der Waals surface area contributed by atoms with Crippen LogP contribution in [0.4, 0.5) is 39.5 Å². The molecule has 0 unspecified atom stereocenters. The lowest BCUT2D eigenvalue weighted by Gasteiger charge is -2.15. The van der Waals surface area contributed by atoms with Crippen molar-refractivity contribution in [2.24, 2.45) is 0 Å². The highest BCUT2D eigenvalue weighted by molar-refractivity contribution is 5.84. The maximum Gasteiger partial charge on any atom is 0.433 e. The minimum absolute atomic E-state index is 0.130. The molecule has 1 heterocycles. The summed E-state index contributed by atoms with van der Waals surface area (Å²) >= 11 is 0. The van der Waals surface area contributed by atoms with Crippen molar-refractivity contribution >= 4 is 10.9 Å². The van der Waals surface area contributed by atoms with Crippen molar-refractivity contribution < 1.29 is 39.5 Å². The van der Waals surface area contributed by atoms with Crippen molar-refractivity contribution in [1.82, 2.24) is 4.98 Å². The third-order valence-corrected chi connectivity index (χ3v) is 2.73. The highest BCUT2D eigenvalue weighted by atomic mass is 19.4. The van der Waals surface area contributed by atoms with Crippen LogP contribution in [0.15, 0.2) is 24.3 Å². The number of pyridine rings is 1. The van der Waals surface area contributed by atoms with Crippen LogP contribution in [0, 0.1) is 0 Å². The van der Waals surface area contributed by atoms with Crippen molar-refractivity contribution in [2.75, 3.05) is 0 Å². The van der Waals surface area contributed by atoms with Gasteiger partial charge in [-0.1, -0.05) is 0 Å². The molecule has 1 aromatic heterocycles. The molecule has 0 aliphatic carbocycles. The normalized spacial score (nSPS) is 13.7. The molecule has 22 heavy (non-hydrogen) atoms. The molecular formula is C12H4F9N. The van der Waals surface area contributed by atoms with Crippen LogP contribution in [0.1, 0.15) is 16.8 Å². The maximum atomic E-state index is 12.8. The van der Waals surface area contributed by atoms with Crippen molar-refractivity contribution in [3.63, 3.8) is 0 Å². The molecule has 0 bridgehead atoms. The highest BCUT2D eigenvalue weighted by Gasteiger charge is 2.40. The summed E-state index contributed by atoms with van der Waals surface area (Å²) in [5.41, 5.74) is -5.88. The number of halogens is 9. The van der Waals surface area contributed by atoms with Gasteiger partial charge >= 0.3 is 18.5 Å². The molecule has 2 aromatic rings. The van der Waals surface area contributed by atoms with Crippen molar-refractivity contribution in [2.45, 2.75) is 18.5 Å². The molecule has 0 spiro atoms. The van der Waals surface area contributed by atoms with Crippen molar-refractivity contribution in [3.05, 3.63) is 41.1 Å². The van der Waals surface area contributed by atoms with Gasteiger partial charge in [0, 0.05) is 5.39 Å². The lowest BCUT2D eigenvalue weighted by atomic mass is 10.0. The lowest BCUT2D eigenvalue weighted by Crippen LogP contribution is -2.14. The number of benzene rings is 1. The molecule has 0 fully saturated rings. The smallest absolute Gasteiger partial charge is 0.243 e. The fourth-order valence-corrected chi connectivity index (χ4v) is 1.78. The van der Waals surface area contributed by atoms with Crippen LogP contribution in [-0.4, -0.2) is 4.98 Å². The minimum Gasteiger partial charge on any atom is -0.243 e. The second-order valence-corrected chi connectivity index (χ2v) is 4.28. The fraction of sp³-hybridized carbons (Fsp3) is 0.250. The van der Waals surface area contributed by atoms with Crippen LogP contribution >= 0.6 is 0 Å². The largest absolute Gasteiger partial charge is 0.433 e. The molecule has 1 nitrogen and oxygen atoms in total. The molecule has 0 aliphatic heterocycles. The molecular weight excluding hydrogens is 329 g/mol. The minimum atomic E-state index is -5.26. The third-order valence-electron chi connectivity index (χ3n) is 2.73. The second-order valence-electron chi connectivity index (χ2n) is 4.28. The second kappa shape index (κ2) is 4.75. The Kier molecular flexibility index (Phi) is 3.53. The van der Waals surface area contributed by atoms with Gasteiger partial charge in [-0.25, -0.2) is 4.98 Å². The topological polar surface area (TPSA) is 12.9 Å². The SMILES string of the molecule is FC(F)(F)c1ccc2nc(C(F)(F)F)cc(C(F)(F)F)c2c1. The van der Waals surface area contributed by atoms with Gasteiger partial charge in [-0.05, 0) is 24.3 Å². The molecule has 2 rings (SSSR count). The number of rotatable bonds is 0. The van der Waals surface area contributed by atoms with Crippen LogP contribution in [0.5, 0.6) is 0 Å². The van der Waals surface area contributed by atoms with Gasteiger partial charge in [-0.15, -0.1) is 0 Å². The van der Waals surface area contributed by atoms with E-state index in [-0.39, 0.29) is 12.1 Å². The first-order valence-electron chi connectivity index (χ1n) is 5.46. The van der Waals surface area contributed by atoms with Gasteiger partial charge in [0.15, 0.2) is 0 Å². The molecule has 1 aromatic carbocycles. The van der Waals surface area contributed by atoms with Gasteiger partial charge in [0.2, 0.25) is 0 Å². The summed E-state index contributed by atoms with van der Waals surface area (Å²) in [6, 6.07) is 0.673. The summed E-state index contributed by atoms with van der Waals surface area (Å²) in [5, 5.41) is -1.05. The van der Waals surface area contributed by atoms with E-state index in [1.54, 1.807) is 0 Å². The molecule has 0 N–H and O–H groups in total. The van der Waals surface area contributed by atoms with E-state index in [0.717, 1.165) is 0 Å². The Hall–Kier alpha value is -2.00. The van der Waals surface area contributed by atoms with Crippen LogP contribution in [0.3, 0.4) is 0 Å². The maximum absolute atomic E-state index is 12.8. The van der Waals surface area contributed by atoms with Gasteiger partial charge < -0.3 is 0 Å². The summed E-state index contributed by atoms with van der Waals surface area (Å²) < 4.78 is 114. The summed E-state index contributed by atoms with van der Waals surface area (Å²) in [6.45, 7) is 0. The molecule has 0 amide bonds. The van der Waals surface area contributed by atoms with Gasteiger partial charge in [0.25, 0.3) is 0 Å². The molecule has 120 valence electrons. The molecule has 0 saturated heterocycles. The van der Waals surface area contributed by atoms with Crippen LogP contribution in [0.25, 0.3) is 10.9 Å². The predicted molar refractivity (Wildman–Crippen MR) is 56.7 cm³/mol. The first kappa shape index (κ1) is 16.4. The van der Waals surface area contributed by atoms with Crippen LogP contribution < -0.4 is 0 Å². The number of alkyl halides is 9. The zero-order valence-corrected chi connectivity index (χ0v) is 10.2. The van der Waals surface area contributed by atoms with E-state index in [1.165, 1.54) is 0 Å². The van der Waals surface area contributed by atoms with Crippen molar-refractivity contribution in [1.29, 1.82) is 0 Å². The van der Waals surface area contributed by atoms with Gasteiger partial charge in [-0.3, -0.25) is 0 Å². The van der Waals surface area contributed by atoms with Gasteiger partial charge in [-0.2, -0.15) is 39.5 Å². The number of aromatic nitrogens is 1. The lowest BCUT2D eigenvalue weighted by molar-refractivity contribution is -0.145. The molecule has 0 radical (unpaired) electrons. The highest BCUT2D eigenvalue weighted by Crippen LogP contribution is 2.40. The predicted octanol–water partition coefficient (Wildman–Crippen LogP) is 5.29. The van der Waals surface area contributed by atoms with E-state index < -0.39 is 46.3 Å². The Labute approximate surface area is 116 Å². The Morgan fingerprint density at radius 3 is 1.73 bits per heavy atom. The van der Waals surface area contributed by atoms with Gasteiger partial charge in [0.1, 0.15) is 5.69 Å². The van der Waals surface area contributed by atoms with Gasteiger partial charge in [0.05, 0.1) is 16.6 Å². The summed E-state index contributed by atoms with van der Waals surface area (Å²) in [7, 11) is 0. The fourth-order valence-electron chi connectivity index (χ4n) is 1.78. The van der Waals surface area contributed by atoms with E-state index in [9.17, 15) is 39.5 Å². The van der Waals surface area contributed by atoms with Crippen molar-refractivity contribution in [3.8, 4) is 0 Å². The zero-order chi connectivity index (χ0) is 16.9. The Morgan fingerprint density at radius 1 is 0.682 bits per heavy atom. The van der Waals surface area contributed by atoms with Crippen LogP contribution in [-0.2, 0) is 18.5 Å². The molecule has 10 heteroatoms. The molecule has 0 saturated carbocycles. The first-order valence-corrected chi connectivity index (χ1v) is 5.46. The number of fused-ring (bicyclic) bond motifs is 1. The summed E-state index contributed by atoms with van der Waals surface area (Å²) in [5.74, 6) is 0.